The van der Waals surface area contributed by atoms with E-state index < -0.39 is 0 Å². The van der Waals surface area contributed by atoms with E-state index >= 15 is 0 Å². The second kappa shape index (κ2) is 11.3. The van der Waals surface area contributed by atoms with Gasteiger partial charge in [0, 0.05) is 0 Å². The minimum Gasteiger partial charge on any atom is -0.498 e. The fourth-order valence-electron chi connectivity index (χ4n) is 3.17. The first kappa shape index (κ1) is 19.8. The van der Waals surface area contributed by atoms with Gasteiger partial charge in [0.1, 0.15) is 0 Å². The van der Waals surface area contributed by atoms with Crippen molar-refractivity contribution in [1.29, 1.82) is 0 Å². The number of hydrogen-bond acceptors (Lipinski definition) is 2. The van der Waals surface area contributed by atoms with E-state index in [-0.39, 0.29) is 0 Å². The number of allylic oxidation sites excluding steroid dienone is 6. The highest BCUT2D eigenvalue weighted by molar-refractivity contribution is 5.29. The number of nitrogens with two attached hydrogens (primary N) is 1. The molecule has 1 saturated carbocycles. The van der Waals surface area contributed by atoms with Crippen molar-refractivity contribution in [2.75, 3.05) is 13.2 Å². The van der Waals surface area contributed by atoms with Gasteiger partial charge in [0.05, 0.1) is 12.4 Å². The fourth-order valence-corrected chi connectivity index (χ4v) is 3.17. The lowest BCUT2D eigenvalue weighted by Gasteiger charge is -2.19. The number of rotatable bonds is 13. The van der Waals surface area contributed by atoms with Crippen LogP contribution in [-0.2, 0) is 4.74 Å². The largest absolute Gasteiger partial charge is 0.498 e. The van der Waals surface area contributed by atoms with Crippen molar-refractivity contribution < 1.29 is 4.74 Å². The third kappa shape index (κ3) is 7.69. The highest BCUT2D eigenvalue weighted by atomic mass is 16.5. The molecule has 0 spiro atoms. The molecule has 2 atom stereocenters. The van der Waals surface area contributed by atoms with Crippen molar-refractivity contribution in [2.45, 2.75) is 52.4 Å². The summed E-state index contributed by atoms with van der Waals surface area (Å²) >= 11 is 0. The SMILES string of the molecule is C=C/C=C(\C=C(/C)OCC(CCC)CCN)C(CC=C)C1CC1. The summed E-state index contributed by atoms with van der Waals surface area (Å²) < 4.78 is 6.02. The van der Waals surface area contributed by atoms with Crippen LogP contribution in [-0.4, -0.2) is 13.2 Å². The van der Waals surface area contributed by atoms with Gasteiger partial charge in [-0.05, 0) is 75.0 Å². The van der Waals surface area contributed by atoms with E-state index in [0.29, 0.717) is 11.8 Å². The molecule has 2 heteroatoms. The molecule has 0 aromatic heterocycles. The van der Waals surface area contributed by atoms with Gasteiger partial charge in [0.2, 0.25) is 0 Å². The Balaban J connectivity index is 2.68. The lowest BCUT2D eigenvalue weighted by Crippen LogP contribution is -2.14. The Kier molecular flexibility index (Phi) is 9.70. The van der Waals surface area contributed by atoms with Crippen LogP contribution in [0.1, 0.15) is 52.4 Å². The van der Waals surface area contributed by atoms with Gasteiger partial charge >= 0.3 is 0 Å². The zero-order valence-corrected chi connectivity index (χ0v) is 15.1. The molecular weight excluding hydrogens is 282 g/mol. The average molecular weight is 318 g/mol. The molecule has 2 unspecified atom stereocenters. The Morgan fingerprint density at radius 1 is 1.30 bits per heavy atom. The molecule has 0 radical (unpaired) electrons. The molecule has 23 heavy (non-hydrogen) atoms. The zero-order chi connectivity index (χ0) is 17.1. The number of ether oxygens (including phenoxy) is 1. The second-order valence-electron chi connectivity index (χ2n) is 6.67. The first-order valence-corrected chi connectivity index (χ1v) is 9.10. The van der Waals surface area contributed by atoms with Crippen LogP contribution < -0.4 is 5.73 Å². The predicted molar refractivity (Wildman–Crippen MR) is 101 cm³/mol. The van der Waals surface area contributed by atoms with E-state index in [4.69, 9.17) is 10.5 Å². The smallest absolute Gasteiger partial charge is 0.0931 e. The van der Waals surface area contributed by atoms with Crippen molar-refractivity contribution in [3.05, 3.63) is 48.8 Å². The molecule has 0 aliphatic heterocycles. The zero-order valence-electron chi connectivity index (χ0n) is 15.1. The summed E-state index contributed by atoms with van der Waals surface area (Å²) in [6.07, 6.45) is 15.3. The van der Waals surface area contributed by atoms with Crippen LogP contribution in [0.2, 0.25) is 0 Å². The van der Waals surface area contributed by atoms with Gasteiger partial charge in [-0.15, -0.1) is 6.58 Å². The van der Waals surface area contributed by atoms with Gasteiger partial charge in [-0.25, -0.2) is 0 Å². The first-order chi connectivity index (χ1) is 11.2. The highest BCUT2D eigenvalue weighted by Crippen LogP contribution is 2.43. The molecule has 2 N–H and O–H groups in total. The Morgan fingerprint density at radius 3 is 2.57 bits per heavy atom. The maximum Gasteiger partial charge on any atom is 0.0931 e. The van der Waals surface area contributed by atoms with Crippen LogP contribution in [0.5, 0.6) is 0 Å². The molecule has 1 aliphatic rings. The molecule has 0 saturated heterocycles. The summed E-state index contributed by atoms with van der Waals surface area (Å²) in [6.45, 7) is 13.6. The van der Waals surface area contributed by atoms with E-state index in [1.54, 1.807) is 0 Å². The molecule has 2 nitrogen and oxygen atoms in total. The van der Waals surface area contributed by atoms with E-state index in [0.717, 1.165) is 37.7 Å². The Morgan fingerprint density at radius 2 is 2.04 bits per heavy atom. The molecule has 0 aromatic rings. The topological polar surface area (TPSA) is 35.2 Å². The predicted octanol–water partition coefficient (Wildman–Crippen LogP) is 5.39. The molecular formula is C21H35NO. The van der Waals surface area contributed by atoms with Crippen LogP contribution in [0.4, 0.5) is 0 Å². The van der Waals surface area contributed by atoms with Gasteiger partial charge in [-0.3, -0.25) is 0 Å². The van der Waals surface area contributed by atoms with Crippen LogP contribution in [0.25, 0.3) is 0 Å². The average Bonchev–Trinajstić information content (AvgIpc) is 3.35. The van der Waals surface area contributed by atoms with Crippen LogP contribution in [0.3, 0.4) is 0 Å². The number of hydrogen-bond donors (Lipinski definition) is 1. The molecule has 1 rings (SSSR count). The van der Waals surface area contributed by atoms with E-state index in [9.17, 15) is 0 Å². The fraction of sp³-hybridized carbons (Fsp3) is 0.619. The highest BCUT2D eigenvalue weighted by Gasteiger charge is 2.31. The van der Waals surface area contributed by atoms with Gasteiger partial charge in [-0.2, -0.15) is 0 Å². The maximum atomic E-state index is 6.02. The molecule has 0 aromatic carbocycles. The van der Waals surface area contributed by atoms with Crippen LogP contribution >= 0.6 is 0 Å². The third-order valence-electron chi connectivity index (χ3n) is 4.54. The van der Waals surface area contributed by atoms with Gasteiger partial charge < -0.3 is 10.5 Å². The third-order valence-corrected chi connectivity index (χ3v) is 4.54. The molecule has 0 heterocycles. The van der Waals surface area contributed by atoms with E-state index in [1.165, 1.54) is 31.3 Å². The Labute approximate surface area is 143 Å². The lowest BCUT2D eigenvalue weighted by atomic mass is 9.90. The molecule has 0 amide bonds. The van der Waals surface area contributed by atoms with Gasteiger partial charge in [0.15, 0.2) is 0 Å². The van der Waals surface area contributed by atoms with Crippen molar-refractivity contribution in [2.24, 2.45) is 23.5 Å². The van der Waals surface area contributed by atoms with Gasteiger partial charge in [0.25, 0.3) is 0 Å². The van der Waals surface area contributed by atoms with Crippen LogP contribution in [0.15, 0.2) is 48.8 Å². The summed E-state index contributed by atoms with van der Waals surface area (Å²) in [5, 5.41) is 0. The first-order valence-electron chi connectivity index (χ1n) is 9.10. The summed E-state index contributed by atoms with van der Waals surface area (Å²) in [7, 11) is 0. The molecule has 0 bridgehead atoms. The van der Waals surface area contributed by atoms with Crippen molar-refractivity contribution in [3.8, 4) is 0 Å². The lowest BCUT2D eigenvalue weighted by molar-refractivity contribution is 0.156. The standard InChI is InChI=1S/C21H35NO/c1-5-8-18(13-14-22)16-23-17(4)15-20(9-6-2)21(10-7-3)19-11-12-19/h6-7,9,15,18-19,21H,2-3,5,8,10-14,16,22H2,1,4H3/b17-15+,20-9+. The second-order valence-corrected chi connectivity index (χ2v) is 6.67. The minimum atomic E-state index is 0.555. The van der Waals surface area contributed by atoms with Crippen molar-refractivity contribution >= 4 is 0 Å². The molecule has 130 valence electrons. The summed E-state index contributed by atoms with van der Waals surface area (Å²) in [5.74, 6) is 2.91. The quantitative estimate of drug-likeness (QED) is 0.281. The van der Waals surface area contributed by atoms with E-state index in [2.05, 4.69) is 39.2 Å². The van der Waals surface area contributed by atoms with E-state index in [1.807, 2.05) is 12.2 Å². The van der Waals surface area contributed by atoms with Crippen molar-refractivity contribution in [1.82, 2.24) is 0 Å². The summed E-state index contributed by atoms with van der Waals surface area (Å²) in [5.41, 5.74) is 7.02. The summed E-state index contributed by atoms with van der Waals surface area (Å²) in [6, 6.07) is 0. The monoisotopic (exact) mass is 317 g/mol. The van der Waals surface area contributed by atoms with Gasteiger partial charge in [-0.1, -0.05) is 38.2 Å². The normalized spacial score (nSPS) is 18.4. The van der Waals surface area contributed by atoms with Crippen molar-refractivity contribution in [3.63, 3.8) is 0 Å². The maximum absolute atomic E-state index is 6.02. The minimum absolute atomic E-state index is 0.555. The Bertz CT molecular complexity index is 412. The molecule has 1 aliphatic carbocycles. The van der Waals surface area contributed by atoms with Crippen LogP contribution in [0, 0.1) is 17.8 Å². The molecule has 1 fully saturated rings. The summed E-state index contributed by atoms with van der Waals surface area (Å²) in [4.78, 5) is 0. The Hall–Kier alpha value is -1.28.